The van der Waals surface area contributed by atoms with Gasteiger partial charge in [-0.15, -0.1) is 0 Å². The number of carbonyl (C=O) groups is 1. The van der Waals surface area contributed by atoms with Gasteiger partial charge in [-0.3, -0.25) is 10.2 Å². The van der Waals surface area contributed by atoms with Gasteiger partial charge in [-0.1, -0.05) is 0 Å². The molecule has 4 nitrogen and oxygen atoms in total. The van der Waals surface area contributed by atoms with E-state index in [0.717, 1.165) is 16.3 Å². The predicted octanol–water partition coefficient (Wildman–Crippen LogP) is 2.97. The van der Waals surface area contributed by atoms with E-state index in [4.69, 9.17) is 16.2 Å². The highest BCUT2D eigenvalue weighted by molar-refractivity contribution is 14.1. The van der Waals surface area contributed by atoms with Crippen LogP contribution in [0.3, 0.4) is 0 Å². The first-order valence-corrected chi connectivity index (χ1v) is 7.75. The van der Waals surface area contributed by atoms with Gasteiger partial charge in [0.05, 0.1) is 5.92 Å². The molecule has 0 saturated carbocycles. The minimum Gasteiger partial charge on any atom is -0.481 e. The number of benzene rings is 1. The van der Waals surface area contributed by atoms with E-state index in [1.165, 1.54) is 0 Å². The number of amidine groups is 1. The van der Waals surface area contributed by atoms with Crippen LogP contribution >= 0.6 is 67.8 Å². The molecule has 0 fully saturated rings. The van der Waals surface area contributed by atoms with E-state index in [1.54, 1.807) is 6.92 Å². The fraction of sp³-hybridized carbons (Fsp3) is 0.200. The quantitative estimate of drug-likeness (QED) is 0.297. The van der Waals surface area contributed by atoms with Crippen LogP contribution in [0.25, 0.3) is 0 Å². The maximum atomic E-state index is 11.1. The predicted molar refractivity (Wildman–Crippen MR) is 91.7 cm³/mol. The third-order valence-electron chi connectivity index (χ3n) is 2.28. The molecule has 1 aromatic carbocycles. The van der Waals surface area contributed by atoms with Crippen molar-refractivity contribution in [3.63, 3.8) is 0 Å². The zero-order valence-electron chi connectivity index (χ0n) is 8.72. The molecule has 17 heavy (non-hydrogen) atoms. The maximum Gasteiger partial charge on any atom is 0.310 e. The molecule has 0 spiro atoms. The number of carboxylic acids is 1. The molecule has 0 aromatic heterocycles. The van der Waals surface area contributed by atoms with Crippen molar-refractivity contribution in [1.29, 1.82) is 5.41 Å². The average Bonchev–Trinajstić information content (AvgIpc) is 2.15. The molecule has 0 heterocycles. The van der Waals surface area contributed by atoms with Crippen LogP contribution in [0, 0.1) is 16.1 Å². The number of hydrogen-bond donors (Lipinski definition) is 3. The minimum atomic E-state index is -0.878. The molecular formula is C10H9I3N2O2. The molecule has 4 N–H and O–H groups in total. The van der Waals surface area contributed by atoms with Crippen LogP contribution in [0.5, 0.6) is 0 Å². The van der Waals surface area contributed by atoms with Crippen molar-refractivity contribution in [2.24, 2.45) is 5.73 Å². The number of halogens is 3. The number of hydrogen-bond acceptors (Lipinski definition) is 2. The number of aliphatic carboxylic acids is 1. The lowest BCUT2D eigenvalue weighted by atomic mass is 9.99. The summed E-state index contributed by atoms with van der Waals surface area (Å²) >= 11 is 6.28. The first kappa shape index (κ1) is 15.4. The summed E-state index contributed by atoms with van der Waals surface area (Å²) in [6.45, 7) is 1.64. The summed E-state index contributed by atoms with van der Waals surface area (Å²) in [5.41, 5.74) is 6.88. The summed E-state index contributed by atoms with van der Waals surface area (Å²) in [6, 6.07) is 1.86. The number of nitrogen functional groups attached to an aromatic ring is 1. The lowest BCUT2D eigenvalue weighted by Gasteiger charge is -2.16. The second-order valence-corrected chi connectivity index (χ2v) is 6.82. The van der Waals surface area contributed by atoms with Crippen molar-refractivity contribution < 1.29 is 9.90 Å². The molecule has 1 aromatic rings. The van der Waals surface area contributed by atoms with Crippen LogP contribution in [-0.2, 0) is 4.79 Å². The van der Waals surface area contributed by atoms with Gasteiger partial charge >= 0.3 is 5.97 Å². The van der Waals surface area contributed by atoms with E-state index >= 15 is 0 Å². The van der Waals surface area contributed by atoms with Gasteiger partial charge in [0.2, 0.25) is 0 Å². The third kappa shape index (κ3) is 3.22. The highest BCUT2D eigenvalue weighted by atomic mass is 127. The Morgan fingerprint density at radius 2 is 1.94 bits per heavy atom. The maximum absolute atomic E-state index is 11.1. The van der Waals surface area contributed by atoms with E-state index in [9.17, 15) is 4.79 Å². The highest BCUT2D eigenvalue weighted by Crippen LogP contribution is 2.32. The van der Waals surface area contributed by atoms with Crippen molar-refractivity contribution in [2.45, 2.75) is 12.8 Å². The number of nitrogens with one attached hydrogen (secondary N) is 1. The zero-order chi connectivity index (χ0) is 13.3. The van der Waals surface area contributed by atoms with Crippen molar-refractivity contribution in [1.82, 2.24) is 0 Å². The van der Waals surface area contributed by atoms with Crippen LogP contribution in [0.1, 0.15) is 24.0 Å². The van der Waals surface area contributed by atoms with Crippen LogP contribution in [-0.4, -0.2) is 16.9 Å². The molecule has 0 aliphatic carbocycles. The SMILES string of the molecule is CC(C(=O)O)c1c(I)cc(I)c(C(=N)N)c1I. The van der Waals surface area contributed by atoms with Gasteiger partial charge < -0.3 is 10.8 Å². The van der Waals surface area contributed by atoms with Crippen LogP contribution in [0.2, 0.25) is 0 Å². The van der Waals surface area contributed by atoms with Gasteiger partial charge in [0.1, 0.15) is 5.84 Å². The van der Waals surface area contributed by atoms with Crippen molar-refractivity contribution in [3.8, 4) is 0 Å². The van der Waals surface area contributed by atoms with Crippen molar-refractivity contribution in [3.05, 3.63) is 27.9 Å². The smallest absolute Gasteiger partial charge is 0.310 e. The summed E-state index contributed by atoms with van der Waals surface area (Å²) in [5.74, 6) is -1.52. The Hall–Kier alpha value is 0.350. The molecule has 1 atom stereocenters. The topological polar surface area (TPSA) is 87.2 Å². The number of carboxylic acid groups (broad SMARTS) is 1. The average molecular weight is 570 g/mol. The van der Waals surface area contributed by atoms with E-state index in [0.29, 0.717) is 5.56 Å². The standard InChI is InChI=1S/C10H9I3N2O2/c1-3(10(16)17)6-4(11)2-5(12)7(8(6)13)9(14)15/h2-3H,1H3,(H3,14,15)(H,16,17). The largest absolute Gasteiger partial charge is 0.481 e. The zero-order valence-corrected chi connectivity index (χ0v) is 15.2. The van der Waals surface area contributed by atoms with Crippen LogP contribution in [0.4, 0.5) is 0 Å². The minimum absolute atomic E-state index is 0.0333. The summed E-state index contributed by atoms with van der Waals surface area (Å²) in [7, 11) is 0. The normalized spacial score (nSPS) is 12.2. The highest BCUT2D eigenvalue weighted by Gasteiger charge is 2.24. The second kappa shape index (κ2) is 5.99. The van der Waals surface area contributed by atoms with Gasteiger partial charge in [-0.05, 0) is 86.3 Å². The molecule has 0 amide bonds. The first-order chi connectivity index (χ1) is 7.77. The van der Waals surface area contributed by atoms with Crippen molar-refractivity contribution >= 4 is 79.6 Å². The Balaban J connectivity index is 3.57. The molecule has 0 aliphatic rings. The molecule has 0 bridgehead atoms. The van der Waals surface area contributed by atoms with E-state index in [2.05, 4.69) is 67.8 Å². The molecule has 0 saturated heterocycles. The Labute approximate surface area is 140 Å². The first-order valence-electron chi connectivity index (χ1n) is 4.52. The molecule has 92 valence electrons. The fourth-order valence-corrected chi connectivity index (χ4v) is 6.26. The van der Waals surface area contributed by atoms with E-state index < -0.39 is 11.9 Å². The monoisotopic (exact) mass is 570 g/mol. The summed E-state index contributed by atoms with van der Waals surface area (Å²) in [4.78, 5) is 11.1. The molecule has 7 heteroatoms. The van der Waals surface area contributed by atoms with E-state index in [1.807, 2.05) is 6.07 Å². The molecule has 0 aliphatic heterocycles. The van der Waals surface area contributed by atoms with Crippen LogP contribution in [0.15, 0.2) is 6.07 Å². The van der Waals surface area contributed by atoms with Crippen molar-refractivity contribution in [2.75, 3.05) is 0 Å². The third-order valence-corrected chi connectivity index (χ3v) is 5.14. The second-order valence-electron chi connectivity index (χ2n) is 3.42. The molecular weight excluding hydrogens is 561 g/mol. The number of rotatable bonds is 3. The van der Waals surface area contributed by atoms with Gasteiger partial charge in [-0.25, -0.2) is 0 Å². The van der Waals surface area contributed by atoms with Gasteiger partial charge in [0.15, 0.2) is 0 Å². The molecule has 0 radical (unpaired) electrons. The summed E-state index contributed by atoms with van der Waals surface area (Å²) in [5, 5.41) is 16.6. The summed E-state index contributed by atoms with van der Waals surface area (Å²) in [6.07, 6.45) is 0. The van der Waals surface area contributed by atoms with Gasteiger partial charge in [-0.2, -0.15) is 0 Å². The van der Waals surface area contributed by atoms with Crippen LogP contribution < -0.4 is 5.73 Å². The Morgan fingerprint density at radius 1 is 1.41 bits per heavy atom. The lowest BCUT2D eigenvalue weighted by molar-refractivity contribution is -0.138. The molecule has 1 rings (SSSR count). The summed E-state index contributed by atoms with van der Waals surface area (Å²) < 4.78 is 2.50. The fourth-order valence-electron chi connectivity index (χ4n) is 1.37. The lowest BCUT2D eigenvalue weighted by Crippen LogP contribution is -2.19. The van der Waals surface area contributed by atoms with Gasteiger partial charge in [0.25, 0.3) is 0 Å². The van der Waals surface area contributed by atoms with E-state index in [-0.39, 0.29) is 5.84 Å². The Morgan fingerprint density at radius 3 is 2.35 bits per heavy atom. The Bertz CT molecular complexity index is 503. The van der Waals surface area contributed by atoms with Gasteiger partial charge in [0, 0.05) is 16.3 Å². The molecule has 1 unspecified atom stereocenters. The number of nitrogens with two attached hydrogens (primary N) is 1. The Kier molecular flexibility index (Phi) is 5.43.